The molecule has 0 aliphatic rings. The maximum atomic E-state index is 10.3. The molecule has 0 fully saturated rings. The zero-order valence-corrected chi connectivity index (χ0v) is 13.9. The zero-order valence-electron chi connectivity index (χ0n) is 13.9. The molecule has 0 radical (unpaired) electrons. The number of nitrogens with zero attached hydrogens (tertiary/aromatic N) is 1. The third-order valence-corrected chi connectivity index (χ3v) is 3.35. The number of hydrogen-bond acceptors (Lipinski definition) is 5. The summed E-state index contributed by atoms with van der Waals surface area (Å²) in [5, 5.41) is 13.7. The Labute approximate surface area is 127 Å². The second-order valence-electron chi connectivity index (χ2n) is 5.95. The fraction of sp³-hybridized carbons (Fsp3) is 0.625. The SMILES string of the molecule is COc1ccc(C(C)NCC(C)(O)CN(C)C)c(OC)c1. The molecular weight excluding hydrogens is 268 g/mol. The summed E-state index contributed by atoms with van der Waals surface area (Å²) in [5.41, 5.74) is 0.260. The summed E-state index contributed by atoms with van der Waals surface area (Å²) in [6.45, 7) is 4.99. The normalized spacial score (nSPS) is 15.6. The number of rotatable bonds is 8. The third-order valence-electron chi connectivity index (χ3n) is 3.35. The molecule has 0 aliphatic carbocycles. The zero-order chi connectivity index (χ0) is 16.0. The molecule has 0 aromatic heterocycles. The average molecular weight is 296 g/mol. The summed E-state index contributed by atoms with van der Waals surface area (Å²) in [6.07, 6.45) is 0. The van der Waals surface area contributed by atoms with E-state index in [0.29, 0.717) is 13.1 Å². The van der Waals surface area contributed by atoms with Gasteiger partial charge in [0.1, 0.15) is 11.5 Å². The van der Waals surface area contributed by atoms with Crippen molar-refractivity contribution in [1.29, 1.82) is 0 Å². The van der Waals surface area contributed by atoms with Gasteiger partial charge in [0.15, 0.2) is 0 Å². The fourth-order valence-corrected chi connectivity index (χ4v) is 2.40. The standard InChI is InChI=1S/C16H28N2O3/c1-12(17-10-16(2,19)11-18(3)4)14-8-7-13(20-5)9-15(14)21-6/h7-9,12,17,19H,10-11H2,1-6H3. The van der Waals surface area contributed by atoms with Crippen molar-refractivity contribution < 1.29 is 14.6 Å². The second-order valence-corrected chi connectivity index (χ2v) is 5.95. The molecule has 5 heteroatoms. The molecule has 0 bridgehead atoms. The molecular formula is C16H28N2O3. The quantitative estimate of drug-likeness (QED) is 0.764. The van der Waals surface area contributed by atoms with Crippen LogP contribution in [0.1, 0.15) is 25.5 Å². The molecule has 2 N–H and O–H groups in total. The Kier molecular flexibility index (Phi) is 6.45. The third kappa shape index (κ3) is 5.53. The summed E-state index contributed by atoms with van der Waals surface area (Å²) in [6, 6.07) is 5.83. The highest BCUT2D eigenvalue weighted by Gasteiger charge is 2.23. The van der Waals surface area contributed by atoms with Gasteiger partial charge in [-0.25, -0.2) is 0 Å². The van der Waals surface area contributed by atoms with Crippen LogP contribution < -0.4 is 14.8 Å². The van der Waals surface area contributed by atoms with Crippen LogP contribution in [-0.2, 0) is 0 Å². The van der Waals surface area contributed by atoms with Crippen LogP contribution in [0.15, 0.2) is 18.2 Å². The number of nitrogens with one attached hydrogen (secondary N) is 1. The fourth-order valence-electron chi connectivity index (χ4n) is 2.40. The molecule has 2 atom stereocenters. The van der Waals surface area contributed by atoms with E-state index in [1.54, 1.807) is 14.2 Å². The van der Waals surface area contributed by atoms with Crippen molar-refractivity contribution in [2.75, 3.05) is 41.4 Å². The van der Waals surface area contributed by atoms with Crippen molar-refractivity contribution in [1.82, 2.24) is 10.2 Å². The van der Waals surface area contributed by atoms with Crippen LogP contribution in [0.5, 0.6) is 11.5 Å². The van der Waals surface area contributed by atoms with Crippen molar-refractivity contribution in [2.24, 2.45) is 0 Å². The minimum atomic E-state index is -0.780. The minimum absolute atomic E-state index is 0.0690. The van der Waals surface area contributed by atoms with Crippen LogP contribution >= 0.6 is 0 Å². The maximum Gasteiger partial charge on any atom is 0.127 e. The summed E-state index contributed by atoms with van der Waals surface area (Å²) in [4.78, 5) is 1.97. The molecule has 0 heterocycles. The van der Waals surface area contributed by atoms with E-state index in [0.717, 1.165) is 17.1 Å². The van der Waals surface area contributed by atoms with Crippen LogP contribution in [0, 0.1) is 0 Å². The number of ether oxygens (including phenoxy) is 2. The Hall–Kier alpha value is -1.30. The van der Waals surface area contributed by atoms with E-state index in [4.69, 9.17) is 9.47 Å². The van der Waals surface area contributed by atoms with Crippen molar-refractivity contribution in [3.8, 4) is 11.5 Å². The predicted octanol–water partition coefficient (Wildman–Crippen LogP) is 1.67. The first-order chi connectivity index (χ1) is 9.79. The number of likely N-dealkylation sites (N-methyl/N-ethyl adjacent to an activating group) is 1. The van der Waals surface area contributed by atoms with Crippen LogP contribution in [0.2, 0.25) is 0 Å². The smallest absolute Gasteiger partial charge is 0.127 e. The molecule has 1 rings (SSSR count). The van der Waals surface area contributed by atoms with Gasteiger partial charge < -0.3 is 24.8 Å². The van der Waals surface area contributed by atoms with Gasteiger partial charge in [-0.15, -0.1) is 0 Å². The first kappa shape index (κ1) is 17.8. The lowest BCUT2D eigenvalue weighted by Crippen LogP contribution is -2.46. The number of benzene rings is 1. The molecule has 2 unspecified atom stereocenters. The van der Waals surface area contributed by atoms with Gasteiger partial charge >= 0.3 is 0 Å². The maximum absolute atomic E-state index is 10.3. The highest BCUT2D eigenvalue weighted by molar-refractivity contribution is 5.42. The molecule has 0 amide bonds. The Bertz CT molecular complexity index is 447. The van der Waals surface area contributed by atoms with Gasteiger partial charge in [-0.2, -0.15) is 0 Å². The van der Waals surface area contributed by atoms with Gasteiger partial charge in [-0.1, -0.05) is 6.07 Å². The molecule has 1 aromatic rings. The first-order valence-electron chi connectivity index (χ1n) is 7.11. The molecule has 0 spiro atoms. The van der Waals surface area contributed by atoms with E-state index >= 15 is 0 Å². The molecule has 120 valence electrons. The van der Waals surface area contributed by atoms with Crippen LogP contribution in [0.4, 0.5) is 0 Å². The lowest BCUT2D eigenvalue weighted by molar-refractivity contribution is 0.0317. The summed E-state index contributed by atoms with van der Waals surface area (Å²) < 4.78 is 10.6. The Morgan fingerprint density at radius 3 is 2.48 bits per heavy atom. The van der Waals surface area contributed by atoms with Gasteiger partial charge in [-0.3, -0.25) is 0 Å². The van der Waals surface area contributed by atoms with Crippen LogP contribution in [-0.4, -0.2) is 57.0 Å². The predicted molar refractivity (Wildman–Crippen MR) is 85.1 cm³/mol. The monoisotopic (exact) mass is 296 g/mol. The molecule has 1 aromatic carbocycles. The van der Waals surface area contributed by atoms with E-state index in [1.165, 1.54) is 0 Å². The summed E-state index contributed by atoms with van der Waals surface area (Å²) >= 11 is 0. The van der Waals surface area contributed by atoms with Crippen LogP contribution in [0.3, 0.4) is 0 Å². The number of methoxy groups -OCH3 is 2. The molecule has 5 nitrogen and oxygen atoms in total. The Morgan fingerprint density at radius 2 is 1.95 bits per heavy atom. The lowest BCUT2D eigenvalue weighted by atomic mass is 10.0. The van der Waals surface area contributed by atoms with Crippen molar-refractivity contribution in [2.45, 2.75) is 25.5 Å². The van der Waals surface area contributed by atoms with E-state index in [9.17, 15) is 5.11 Å². The number of aliphatic hydroxyl groups is 1. The van der Waals surface area contributed by atoms with Crippen molar-refractivity contribution >= 4 is 0 Å². The second kappa shape index (κ2) is 7.64. The Morgan fingerprint density at radius 1 is 1.29 bits per heavy atom. The largest absolute Gasteiger partial charge is 0.497 e. The first-order valence-corrected chi connectivity index (χ1v) is 7.11. The molecule has 0 saturated carbocycles. The van der Waals surface area contributed by atoms with Gasteiger partial charge in [-0.05, 0) is 34.0 Å². The highest BCUT2D eigenvalue weighted by atomic mass is 16.5. The van der Waals surface area contributed by atoms with Gasteiger partial charge in [0.05, 0.1) is 19.8 Å². The minimum Gasteiger partial charge on any atom is -0.497 e. The highest BCUT2D eigenvalue weighted by Crippen LogP contribution is 2.29. The van der Waals surface area contributed by atoms with Crippen LogP contribution in [0.25, 0.3) is 0 Å². The van der Waals surface area contributed by atoms with E-state index in [1.807, 2.05) is 44.1 Å². The lowest BCUT2D eigenvalue weighted by Gasteiger charge is -2.29. The summed E-state index contributed by atoms with van der Waals surface area (Å²) in [7, 11) is 7.18. The van der Waals surface area contributed by atoms with Crippen molar-refractivity contribution in [3.63, 3.8) is 0 Å². The van der Waals surface area contributed by atoms with Gasteiger partial charge in [0.2, 0.25) is 0 Å². The molecule has 21 heavy (non-hydrogen) atoms. The van der Waals surface area contributed by atoms with E-state index in [-0.39, 0.29) is 6.04 Å². The van der Waals surface area contributed by atoms with Crippen molar-refractivity contribution in [3.05, 3.63) is 23.8 Å². The average Bonchev–Trinajstić information content (AvgIpc) is 2.42. The number of hydrogen-bond donors (Lipinski definition) is 2. The molecule has 0 aliphatic heterocycles. The van der Waals surface area contributed by atoms with E-state index < -0.39 is 5.60 Å². The van der Waals surface area contributed by atoms with Gasteiger partial charge in [0.25, 0.3) is 0 Å². The van der Waals surface area contributed by atoms with E-state index in [2.05, 4.69) is 12.2 Å². The Balaban J connectivity index is 2.73. The topological polar surface area (TPSA) is 54.0 Å². The molecule has 0 saturated heterocycles. The van der Waals surface area contributed by atoms with Gasteiger partial charge in [0, 0.05) is 30.8 Å². The summed E-state index contributed by atoms with van der Waals surface area (Å²) in [5.74, 6) is 1.55.